The van der Waals surface area contributed by atoms with Gasteiger partial charge < -0.3 is 9.47 Å². The maximum atomic E-state index is 12.6. The van der Waals surface area contributed by atoms with E-state index in [1.807, 2.05) is 48.6 Å². The van der Waals surface area contributed by atoms with E-state index >= 15 is 0 Å². The minimum atomic E-state index is -0.692. The molecule has 0 aromatic heterocycles. The van der Waals surface area contributed by atoms with Gasteiger partial charge in [-0.1, -0.05) is 48.0 Å². The third kappa shape index (κ3) is 6.60. The highest BCUT2D eigenvalue weighted by atomic mass is 35.5. The number of hydrogen-bond donors (Lipinski definition) is 1. The van der Waals surface area contributed by atoms with Crippen LogP contribution in [-0.2, 0) is 9.47 Å². The van der Waals surface area contributed by atoms with Gasteiger partial charge in [0.25, 0.3) is 0 Å². The number of ether oxygens (including phenoxy) is 2. The minimum Gasteiger partial charge on any atom is -0.446 e. The first-order chi connectivity index (χ1) is 13.3. The van der Waals surface area contributed by atoms with Crippen molar-refractivity contribution in [2.75, 3.05) is 0 Å². The Morgan fingerprint density at radius 3 is 2.39 bits per heavy atom. The molecule has 0 bridgehead atoms. The highest BCUT2D eigenvalue weighted by Gasteiger charge is 2.34. The lowest BCUT2D eigenvalue weighted by Gasteiger charge is -2.31. The molecule has 152 valence electrons. The van der Waals surface area contributed by atoms with Gasteiger partial charge in [0.2, 0.25) is 0 Å². The first-order valence-corrected chi connectivity index (χ1v) is 9.71. The van der Waals surface area contributed by atoms with Crippen LogP contribution in [0.1, 0.15) is 39.7 Å². The molecule has 0 saturated heterocycles. The summed E-state index contributed by atoms with van der Waals surface area (Å²) >= 11 is 5.92. The zero-order valence-corrected chi connectivity index (χ0v) is 17.3. The quantitative estimate of drug-likeness (QED) is 0.539. The van der Waals surface area contributed by atoms with E-state index in [1.165, 1.54) is 5.01 Å². The lowest BCUT2D eigenvalue weighted by Crippen LogP contribution is -2.54. The molecule has 0 spiro atoms. The molecule has 0 radical (unpaired) electrons. The molecule has 6 nitrogen and oxygen atoms in total. The second kappa shape index (κ2) is 10.2. The molecule has 1 aromatic carbocycles. The van der Waals surface area contributed by atoms with Gasteiger partial charge in [0, 0.05) is 10.9 Å². The summed E-state index contributed by atoms with van der Waals surface area (Å²) in [6.45, 7) is 7.00. The molecular formula is C21H27ClN2O4. The first-order valence-electron chi connectivity index (χ1n) is 9.33. The Labute approximate surface area is 171 Å². The molecule has 28 heavy (non-hydrogen) atoms. The van der Waals surface area contributed by atoms with Gasteiger partial charge in [-0.2, -0.15) is 0 Å². The van der Waals surface area contributed by atoms with Crippen molar-refractivity contribution in [2.45, 2.75) is 52.4 Å². The number of halogens is 1. The molecule has 0 fully saturated rings. The number of rotatable bonds is 5. The Bertz CT molecular complexity index is 728. The first kappa shape index (κ1) is 21.8. The molecule has 0 heterocycles. The molecule has 1 aromatic rings. The number of carbonyl (C=O) groups excluding carboxylic acids is 2. The Morgan fingerprint density at radius 2 is 1.79 bits per heavy atom. The average Bonchev–Trinajstić information content (AvgIpc) is 3.06. The Morgan fingerprint density at radius 1 is 1.14 bits per heavy atom. The fourth-order valence-corrected chi connectivity index (χ4v) is 2.91. The number of amides is 2. The van der Waals surface area contributed by atoms with Crippen LogP contribution >= 0.6 is 11.6 Å². The minimum absolute atomic E-state index is 0.0882. The van der Waals surface area contributed by atoms with Crippen LogP contribution in [0, 0.1) is 5.92 Å². The van der Waals surface area contributed by atoms with Gasteiger partial charge in [0.1, 0.15) is 0 Å². The van der Waals surface area contributed by atoms with Crippen molar-refractivity contribution in [3.63, 3.8) is 0 Å². The van der Waals surface area contributed by atoms with Crippen LogP contribution in [0.15, 0.2) is 42.5 Å². The molecule has 1 aliphatic carbocycles. The fourth-order valence-electron chi connectivity index (χ4n) is 2.79. The van der Waals surface area contributed by atoms with Crippen LogP contribution in [0.4, 0.5) is 9.59 Å². The number of carbonyl (C=O) groups is 2. The zero-order valence-electron chi connectivity index (χ0n) is 16.6. The van der Waals surface area contributed by atoms with Crippen LogP contribution in [0.3, 0.4) is 0 Å². The lowest BCUT2D eigenvalue weighted by atomic mass is 10.0. The van der Waals surface area contributed by atoms with Gasteiger partial charge >= 0.3 is 12.2 Å². The summed E-state index contributed by atoms with van der Waals surface area (Å²) in [5, 5.41) is 1.90. The van der Waals surface area contributed by atoms with Crippen LogP contribution in [-0.4, -0.2) is 35.4 Å². The molecule has 7 heteroatoms. The van der Waals surface area contributed by atoms with Crippen LogP contribution in [0.2, 0.25) is 5.02 Å². The predicted molar refractivity (Wildman–Crippen MR) is 110 cm³/mol. The highest BCUT2D eigenvalue weighted by Crippen LogP contribution is 2.26. The van der Waals surface area contributed by atoms with E-state index in [-0.39, 0.29) is 24.2 Å². The molecule has 0 unspecified atom stereocenters. The molecule has 0 aliphatic heterocycles. The summed E-state index contributed by atoms with van der Waals surface area (Å²) in [5.74, 6) is -0.0882. The van der Waals surface area contributed by atoms with Gasteiger partial charge in [-0.15, -0.1) is 0 Å². The molecule has 1 aliphatic rings. The van der Waals surface area contributed by atoms with Gasteiger partial charge in [-0.3, -0.25) is 0 Å². The fraction of sp³-hybridized carbons (Fsp3) is 0.429. The van der Waals surface area contributed by atoms with Crippen molar-refractivity contribution in [3.8, 4) is 0 Å². The smallest absolute Gasteiger partial charge is 0.429 e. The number of hydrazine groups is 1. The van der Waals surface area contributed by atoms with Crippen molar-refractivity contribution in [2.24, 2.45) is 5.92 Å². The molecule has 2 amide bonds. The van der Waals surface area contributed by atoms with E-state index in [9.17, 15) is 9.59 Å². The zero-order chi connectivity index (χ0) is 20.7. The molecule has 1 N–H and O–H groups in total. The number of benzene rings is 1. The van der Waals surface area contributed by atoms with Crippen LogP contribution < -0.4 is 5.43 Å². The van der Waals surface area contributed by atoms with Crippen molar-refractivity contribution >= 4 is 29.9 Å². The van der Waals surface area contributed by atoms with E-state index in [2.05, 4.69) is 5.43 Å². The number of nitrogens with one attached hydrogen (secondary N) is 1. The monoisotopic (exact) mass is 406 g/mol. The second-order valence-corrected chi connectivity index (χ2v) is 7.52. The summed E-state index contributed by atoms with van der Waals surface area (Å²) in [5.41, 5.74) is 3.53. The van der Waals surface area contributed by atoms with E-state index in [0.717, 1.165) is 5.56 Å². The highest BCUT2D eigenvalue weighted by molar-refractivity contribution is 6.30. The molecule has 2 rings (SSSR count). The van der Waals surface area contributed by atoms with Gasteiger partial charge in [0.05, 0.1) is 18.2 Å². The van der Waals surface area contributed by atoms with E-state index in [1.54, 1.807) is 27.7 Å². The normalized spacial score (nSPS) is 18.7. The maximum absolute atomic E-state index is 12.6. The SMILES string of the molecule is CC(C)OC(=O)NN(C(=O)OC(C)C)[C@@H]1CC=C[C@H]1/C=C/c1ccc(Cl)cc1. The van der Waals surface area contributed by atoms with Gasteiger partial charge in [0.15, 0.2) is 0 Å². The van der Waals surface area contributed by atoms with Crippen LogP contribution in [0.25, 0.3) is 6.08 Å². The van der Waals surface area contributed by atoms with Crippen molar-refractivity contribution in [1.82, 2.24) is 10.4 Å². The molecule has 0 saturated carbocycles. The molecule has 2 atom stereocenters. The summed E-state index contributed by atoms with van der Waals surface area (Å²) in [7, 11) is 0. The predicted octanol–water partition coefficient (Wildman–Crippen LogP) is 5.19. The van der Waals surface area contributed by atoms with Gasteiger partial charge in [-0.25, -0.2) is 20.0 Å². The van der Waals surface area contributed by atoms with Crippen molar-refractivity contribution in [3.05, 3.63) is 53.1 Å². The Hall–Kier alpha value is -2.47. The number of nitrogens with zero attached hydrogens (tertiary/aromatic N) is 1. The topological polar surface area (TPSA) is 67.9 Å². The summed E-state index contributed by atoms with van der Waals surface area (Å²) < 4.78 is 10.4. The van der Waals surface area contributed by atoms with Crippen LogP contribution in [0.5, 0.6) is 0 Å². The lowest BCUT2D eigenvalue weighted by molar-refractivity contribution is 0.0290. The largest absolute Gasteiger partial charge is 0.446 e. The van der Waals surface area contributed by atoms with Crippen molar-refractivity contribution < 1.29 is 19.1 Å². The third-order valence-corrected chi connectivity index (χ3v) is 4.23. The summed E-state index contributed by atoms with van der Waals surface area (Å²) in [6, 6.07) is 7.15. The van der Waals surface area contributed by atoms with Gasteiger partial charge in [-0.05, 0) is 51.8 Å². The van der Waals surface area contributed by atoms with E-state index in [4.69, 9.17) is 21.1 Å². The Kier molecular flexibility index (Phi) is 7.93. The Balaban J connectivity index is 2.16. The summed E-state index contributed by atoms with van der Waals surface area (Å²) in [4.78, 5) is 24.7. The van der Waals surface area contributed by atoms with E-state index in [0.29, 0.717) is 11.4 Å². The third-order valence-electron chi connectivity index (χ3n) is 3.98. The summed E-state index contributed by atoms with van der Waals surface area (Å²) in [6.07, 6.45) is 6.60. The second-order valence-electron chi connectivity index (χ2n) is 7.09. The standard InChI is InChI=1S/C21H27ClN2O4/c1-14(2)27-20(25)23-24(21(26)28-15(3)4)19-7-5-6-17(19)11-8-16-9-12-18(22)13-10-16/h5-6,8-15,17,19H,7H2,1-4H3,(H,23,25)/b11-8+/t17-,19+/m0/s1. The number of hydrogen-bond acceptors (Lipinski definition) is 4. The van der Waals surface area contributed by atoms with E-state index < -0.39 is 12.2 Å². The molecular weight excluding hydrogens is 380 g/mol. The van der Waals surface area contributed by atoms with Crippen molar-refractivity contribution in [1.29, 1.82) is 0 Å². The average molecular weight is 407 g/mol. The maximum Gasteiger partial charge on any atom is 0.429 e.